The van der Waals surface area contributed by atoms with E-state index in [2.05, 4.69) is 0 Å². The standard InChI is InChI=1S/C18H20F3NO2/c1-23-16-7-6-13(11-17(16)24-2)8-9-22-12-14-4-3-5-15(10-14)18(19,20)21/h3-7,10-11,22H,8-9,12H2,1-2H3/p+1. The third-order valence-corrected chi connectivity index (χ3v) is 3.72. The van der Waals surface area contributed by atoms with Crippen LogP contribution in [0.25, 0.3) is 0 Å². The maximum Gasteiger partial charge on any atom is 0.416 e. The SMILES string of the molecule is COc1ccc(CC[NH2+]Cc2cccc(C(F)(F)F)c2)cc1OC. The fourth-order valence-electron chi connectivity index (χ4n) is 2.45. The van der Waals surface area contributed by atoms with Gasteiger partial charge in [0, 0.05) is 12.0 Å². The molecule has 0 spiro atoms. The van der Waals surface area contributed by atoms with Crippen LogP contribution in [0.2, 0.25) is 0 Å². The molecule has 0 aliphatic rings. The Hall–Kier alpha value is -2.21. The van der Waals surface area contributed by atoms with Gasteiger partial charge in [0.15, 0.2) is 11.5 Å². The zero-order valence-electron chi connectivity index (χ0n) is 13.7. The molecule has 6 heteroatoms. The van der Waals surface area contributed by atoms with Gasteiger partial charge in [-0.1, -0.05) is 18.2 Å². The summed E-state index contributed by atoms with van der Waals surface area (Å²) in [6.45, 7) is 1.28. The van der Waals surface area contributed by atoms with Gasteiger partial charge in [-0.05, 0) is 29.8 Å². The highest BCUT2D eigenvalue weighted by Gasteiger charge is 2.30. The largest absolute Gasteiger partial charge is 0.493 e. The number of benzene rings is 2. The summed E-state index contributed by atoms with van der Waals surface area (Å²) in [7, 11) is 3.17. The Morgan fingerprint density at radius 1 is 0.917 bits per heavy atom. The monoisotopic (exact) mass is 340 g/mol. The predicted octanol–water partition coefficient (Wildman–Crippen LogP) is 3.03. The molecular formula is C18H21F3NO2+. The van der Waals surface area contributed by atoms with Crippen LogP contribution in [0, 0.1) is 0 Å². The lowest BCUT2D eigenvalue weighted by Crippen LogP contribution is -2.83. The van der Waals surface area contributed by atoms with Crippen LogP contribution in [0.5, 0.6) is 11.5 Å². The van der Waals surface area contributed by atoms with Crippen LogP contribution in [0.4, 0.5) is 13.2 Å². The molecule has 0 aliphatic heterocycles. The van der Waals surface area contributed by atoms with Gasteiger partial charge in [0.1, 0.15) is 6.54 Å². The Balaban J connectivity index is 1.87. The summed E-state index contributed by atoms with van der Waals surface area (Å²) in [6.07, 6.45) is -3.50. The van der Waals surface area contributed by atoms with Crippen molar-refractivity contribution in [2.24, 2.45) is 0 Å². The van der Waals surface area contributed by atoms with Crippen molar-refractivity contribution in [1.82, 2.24) is 0 Å². The highest BCUT2D eigenvalue weighted by Crippen LogP contribution is 2.29. The predicted molar refractivity (Wildman–Crippen MR) is 85.2 cm³/mol. The fourth-order valence-corrected chi connectivity index (χ4v) is 2.45. The fraction of sp³-hybridized carbons (Fsp3) is 0.333. The molecule has 0 atom stereocenters. The summed E-state index contributed by atoms with van der Waals surface area (Å²) in [4.78, 5) is 0. The number of quaternary nitrogens is 1. The molecule has 2 aromatic carbocycles. The Morgan fingerprint density at radius 3 is 2.33 bits per heavy atom. The molecule has 130 valence electrons. The zero-order valence-corrected chi connectivity index (χ0v) is 13.7. The van der Waals surface area contributed by atoms with Gasteiger partial charge in [0.2, 0.25) is 0 Å². The number of ether oxygens (including phenoxy) is 2. The van der Waals surface area contributed by atoms with Gasteiger partial charge in [-0.25, -0.2) is 0 Å². The molecule has 0 unspecified atom stereocenters. The third kappa shape index (κ3) is 4.89. The number of hydrogen-bond acceptors (Lipinski definition) is 2. The highest BCUT2D eigenvalue weighted by molar-refractivity contribution is 5.42. The van der Waals surface area contributed by atoms with Crippen LogP contribution in [0.1, 0.15) is 16.7 Å². The van der Waals surface area contributed by atoms with E-state index in [9.17, 15) is 13.2 Å². The summed E-state index contributed by atoms with van der Waals surface area (Å²) in [5.41, 5.74) is 1.15. The van der Waals surface area contributed by atoms with Crippen LogP contribution >= 0.6 is 0 Å². The van der Waals surface area contributed by atoms with E-state index in [0.29, 0.717) is 23.6 Å². The normalized spacial score (nSPS) is 11.4. The van der Waals surface area contributed by atoms with Crippen LogP contribution in [-0.4, -0.2) is 20.8 Å². The van der Waals surface area contributed by atoms with Gasteiger partial charge in [-0.2, -0.15) is 13.2 Å². The van der Waals surface area contributed by atoms with Gasteiger partial charge in [0.05, 0.1) is 26.3 Å². The van der Waals surface area contributed by atoms with Crippen LogP contribution in [0.15, 0.2) is 42.5 Å². The van der Waals surface area contributed by atoms with E-state index in [-0.39, 0.29) is 0 Å². The number of methoxy groups -OCH3 is 2. The zero-order chi connectivity index (χ0) is 17.6. The second-order valence-corrected chi connectivity index (χ2v) is 5.42. The van der Waals surface area contributed by atoms with Crippen LogP contribution < -0.4 is 14.8 Å². The first-order chi connectivity index (χ1) is 11.4. The second-order valence-electron chi connectivity index (χ2n) is 5.42. The molecule has 0 amide bonds. The molecule has 2 aromatic rings. The maximum absolute atomic E-state index is 12.7. The number of nitrogens with two attached hydrogens (primary N) is 1. The van der Waals surface area contributed by atoms with E-state index < -0.39 is 11.7 Å². The third-order valence-electron chi connectivity index (χ3n) is 3.72. The summed E-state index contributed by atoms with van der Waals surface area (Å²) in [6, 6.07) is 11.2. The van der Waals surface area contributed by atoms with Crippen molar-refractivity contribution >= 4 is 0 Å². The molecule has 0 radical (unpaired) electrons. The quantitative estimate of drug-likeness (QED) is 0.787. The lowest BCUT2D eigenvalue weighted by atomic mass is 10.1. The molecule has 0 heterocycles. The first kappa shape index (κ1) is 18.1. The average Bonchev–Trinajstić information content (AvgIpc) is 2.58. The van der Waals surface area contributed by atoms with Crippen molar-refractivity contribution in [2.75, 3.05) is 20.8 Å². The van der Waals surface area contributed by atoms with E-state index in [1.807, 2.05) is 23.5 Å². The Labute approximate surface area is 139 Å². The number of halogens is 3. The molecule has 24 heavy (non-hydrogen) atoms. The van der Waals surface area contributed by atoms with Crippen molar-refractivity contribution < 1.29 is 28.0 Å². The maximum atomic E-state index is 12.7. The number of hydrogen-bond donors (Lipinski definition) is 1. The highest BCUT2D eigenvalue weighted by atomic mass is 19.4. The van der Waals surface area contributed by atoms with E-state index >= 15 is 0 Å². The molecule has 0 bridgehead atoms. The summed E-state index contributed by atoms with van der Waals surface area (Å²) in [5, 5.41) is 1.99. The van der Waals surface area contributed by atoms with Gasteiger partial charge in [0.25, 0.3) is 0 Å². The summed E-state index contributed by atoms with van der Waals surface area (Å²) in [5.74, 6) is 1.35. The minimum atomic E-state index is -4.30. The summed E-state index contributed by atoms with van der Waals surface area (Å²) < 4.78 is 48.5. The van der Waals surface area contributed by atoms with Crippen molar-refractivity contribution in [3.8, 4) is 11.5 Å². The van der Waals surface area contributed by atoms with E-state index in [1.165, 1.54) is 12.1 Å². The molecule has 0 aromatic heterocycles. The molecular weight excluding hydrogens is 319 g/mol. The molecule has 0 aliphatic carbocycles. The molecule has 2 rings (SSSR count). The van der Waals surface area contributed by atoms with Crippen LogP contribution in [-0.2, 0) is 19.1 Å². The van der Waals surface area contributed by atoms with Gasteiger partial charge in [-0.3, -0.25) is 0 Å². The smallest absolute Gasteiger partial charge is 0.416 e. The molecule has 3 nitrogen and oxygen atoms in total. The van der Waals surface area contributed by atoms with Gasteiger partial charge in [-0.15, -0.1) is 0 Å². The Kier molecular flexibility index (Phi) is 6.09. The van der Waals surface area contributed by atoms with E-state index in [0.717, 1.165) is 24.6 Å². The second kappa shape index (κ2) is 8.06. The van der Waals surface area contributed by atoms with E-state index in [1.54, 1.807) is 20.3 Å². The van der Waals surface area contributed by atoms with Crippen molar-refractivity contribution in [3.05, 3.63) is 59.2 Å². The first-order valence-corrected chi connectivity index (χ1v) is 7.62. The first-order valence-electron chi connectivity index (χ1n) is 7.62. The minimum Gasteiger partial charge on any atom is -0.493 e. The molecule has 0 saturated carbocycles. The number of alkyl halides is 3. The molecule has 0 fully saturated rings. The minimum absolute atomic E-state index is 0.511. The number of rotatable bonds is 7. The van der Waals surface area contributed by atoms with Crippen LogP contribution in [0.3, 0.4) is 0 Å². The van der Waals surface area contributed by atoms with Gasteiger partial charge >= 0.3 is 6.18 Å². The molecule has 0 saturated heterocycles. The topological polar surface area (TPSA) is 35.1 Å². The molecule has 2 N–H and O–H groups in total. The van der Waals surface area contributed by atoms with E-state index in [4.69, 9.17) is 9.47 Å². The lowest BCUT2D eigenvalue weighted by Gasteiger charge is -2.10. The Bertz CT molecular complexity index is 672. The average molecular weight is 340 g/mol. The van der Waals surface area contributed by atoms with Crippen molar-refractivity contribution in [1.29, 1.82) is 0 Å². The Morgan fingerprint density at radius 2 is 1.67 bits per heavy atom. The van der Waals surface area contributed by atoms with Crippen molar-refractivity contribution in [3.63, 3.8) is 0 Å². The van der Waals surface area contributed by atoms with Gasteiger partial charge < -0.3 is 14.8 Å². The summed E-state index contributed by atoms with van der Waals surface area (Å²) >= 11 is 0. The van der Waals surface area contributed by atoms with Crippen molar-refractivity contribution in [2.45, 2.75) is 19.1 Å². The lowest BCUT2D eigenvalue weighted by molar-refractivity contribution is -0.670.